The molecule has 0 amide bonds. The fraction of sp³-hybridized carbons (Fsp3) is 0.562. The molecule has 20 heavy (non-hydrogen) atoms. The van der Waals surface area contributed by atoms with Gasteiger partial charge in [-0.3, -0.25) is 4.79 Å². The van der Waals surface area contributed by atoms with Crippen molar-refractivity contribution < 1.29 is 19.5 Å². The highest BCUT2D eigenvalue weighted by atomic mass is 16.5. The topological polar surface area (TPSA) is 56.3 Å². The molecule has 1 N–H and O–H groups in total. The summed E-state index contributed by atoms with van der Waals surface area (Å²) < 4.78 is 6.66. The molecule has 4 heteroatoms. The number of rotatable bonds is 8. The van der Waals surface area contributed by atoms with Crippen LogP contribution >= 0.6 is 0 Å². The van der Waals surface area contributed by atoms with E-state index in [9.17, 15) is 4.79 Å². The van der Waals surface area contributed by atoms with Gasteiger partial charge in [-0.1, -0.05) is 43.7 Å². The molecule has 1 aromatic rings. The van der Waals surface area contributed by atoms with E-state index >= 15 is 0 Å². The molecule has 0 saturated carbocycles. The Hall–Kier alpha value is -1.23. The van der Waals surface area contributed by atoms with Crippen molar-refractivity contribution >= 4 is 5.78 Å². The van der Waals surface area contributed by atoms with Crippen LogP contribution in [0.5, 0.6) is 0 Å². The first kappa shape index (κ1) is 18.8. The molecule has 0 bridgehead atoms. The predicted molar refractivity (Wildman–Crippen MR) is 80.3 cm³/mol. The number of benzene rings is 1. The Morgan fingerprint density at radius 1 is 1.20 bits per heavy atom. The summed E-state index contributed by atoms with van der Waals surface area (Å²) in [6.07, 6.45) is 1.43. The van der Waals surface area contributed by atoms with Crippen molar-refractivity contribution in [3.8, 4) is 0 Å². The van der Waals surface area contributed by atoms with E-state index in [0.29, 0.717) is 6.61 Å². The van der Waals surface area contributed by atoms with Crippen molar-refractivity contribution in [2.75, 3.05) is 34.3 Å². The maximum absolute atomic E-state index is 12.4. The largest absolute Gasteiger partial charge is 0.870 e. The van der Waals surface area contributed by atoms with Gasteiger partial charge in [-0.25, -0.2) is 0 Å². The number of likely N-dealkylation sites (N-methyl/N-ethyl adjacent to an activating group) is 1. The number of quaternary nitrogens is 1. The van der Waals surface area contributed by atoms with Crippen molar-refractivity contribution in [1.29, 1.82) is 0 Å². The van der Waals surface area contributed by atoms with E-state index in [4.69, 9.17) is 4.74 Å². The highest BCUT2D eigenvalue weighted by Gasteiger charge is 2.20. The fourth-order valence-electron chi connectivity index (χ4n) is 1.81. The van der Waals surface area contributed by atoms with Crippen molar-refractivity contribution in [3.63, 3.8) is 0 Å². The summed E-state index contributed by atoms with van der Waals surface area (Å²) in [6.45, 7) is 3.60. The Bertz CT molecular complexity index is 384. The lowest BCUT2D eigenvalue weighted by Crippen LogP contribution is -2.39. The molecule has 0 aromatic heterocycles. The van der Waals surface area contributed by atoms with E-state index < -0.39 is 0 Å². The van der Waals surface area contributed by atoms with Crippen LogP contribution in [-0.4, -0.2) is 56.1 Å². The van der Waals surface area contributed by atoms with E-state index in [1.54, 1.807) is 0 Å². The molecule has 0 spiro atoms. The molecule has 0 saturated heterocycles. The molecule has 1 rings (SSSR count). The first-order valence-corrected chi connectivity index (χ1v) is 6.95. The lowest BCUT2D eigenvalue weighted by molar-refractivity contribution is -0.870. The third kappa shape index (κ3) is 6.80. The molecule has 0 heterocycles. The fourth-order valence-corrected chi connectivity index (χ4v) is 1.81. The number of nitrogens with zero attached hydrogens (tertiary/aromatic N) is 1. The molecule has 0 aliphatic rings. The van der Waals surface area contributed by atoms with Crippen LogP contribution in [0, 0.1) is 0 Å². The highest BCUT2D eigenvalue weighted by molar-refractivity contribution is 5.99. The number of carbonyl (C=O) groups excluding carboxylic acids is 1. The van der Waals surface area contributed by atoms with Crippen LogP contribution in [0.3, 0.4) is 0 Å². The zero-order valence-electron chi connectivity index (χ0n) is 13.0. The zero-order chi connectivity index (χ0) is 14.3. The van der Waals surface area contributed by atoms with Crippen molar-refractivity contribution in [2.24, 2.45) is 0 Å². The number of Topliss-reactive ketones (excluding diaryl/α,β-unsaturated/α-hetero) is 1. The third-order valence-corrected chi connectivity index (χ3v) is 2.98. The number of ether oxygens (including phenoxy) is 1. The van der Waals surface area contributed by atoms with Gasteiger partial charge in [0.25, 0.3) is 0 Å². The van der Waals surface area contributed by atoms with Crippen molar-refractivity contribution in [2.45, 2.75) is 25.9 Å². The SMILES string of the molecule is CCCC(OCC[N+](C)(C)C)C(=O)c1ccccc1.[OH-]. The van der Waals surface area contributed by atoms with Gasteiger partial charge in [0.1, 0.15) is 12.6 Å². The molecular formula is C16H27NO3. The first-order valence-electron chi connectivity index (χ1n) is 6.95. The van der Waals surface area contributed by atoms with Gasteiger partial charge in [0.15, 0.2) is 5.78 Å². The standard InChI is InChI=1S/C16H26NO2.H2O/c1-5-9-15(19-13-12-17(2,3)4)16(18)14-10-7-6-8-11-14;/h6-8,10-11,15H,5,9,12-13H2,1-4H3;1H2/q+1;/p-1. The third-order valence-electron chi connectivity index (χ3n) is 2.98. The lowest BCUT2D eigenvalue weighted by Gasteiger charge is -2.25. The summed E-state index contributed by atoms with van der Waals surface area (Å²) in [5.74, 6) is 0.101. The molecule has 0 radical (unpaired) electrons. The molecule has 0 aliphatic carbocycles. The monoisotopic (exact) mass is 281 g/mol. The van der Waals surface area contributed by atoms with E-state index in [2.05, 4.69) is 28.1 Å². The van der Waals surface area contributed by atoms with Crippen LogP contribution in [0.4, 0.5) is 0 Å². The quantitative estimate of drug-likeness (QED) is 0.543. The van der Waals surface area contributed by atoms with Crippen LogP contribution in [0.1, 0.15) is 30.1 Å². The van der Waals surface area contributed by atoms with Crippen LogP contribution in [0.15, 0.2) is 30.3 Å². The Morgan fingerprint density at radius 3 is 2.30 bits per heavy atom. The summed E-state index contributed by atoms with van der Waals surface area (Å²) in [7, 11) is 6.37. The minimum atomic E-state index is -0.307. The number of hydrogen-bond acceptors (Lipinski definition) is 3. The van der Waals surface area contributed by atoms with E-state index in [1.165, 1.54) is 0 Å². The lowest BCUT2D eigenvalue weighted by atomic mass is 10.0. The maximum Gasteiger partial charge on any atom is 0.191 e. The van der Waals surface area contributed by atoms with Gasteiger partial charge < -0.3 is 14.7 Å². The maximum atomic E-state index is 12.4. The number of ketones is 1. The predicted octanol–water partition coefficient (Wildman–Crippen LogP) is 2.58. The van der Waals surface area contributed by atoms with Crippen LogP contribution in [0.25, 0.3) is 0 Å². The highest BCUT2D eigenvalue weighted by Crippen LogP contribution is 2.11. The van der Waals surface area contributed by atoms with Crippen LogP contribution in [0.2, 0.25) is 0 Å². The first-order chi connectivity index (χ1) is 8.94. The minimum Gasteiger partial charge on any atom is -0.870 e. The molecule has 1 unspecified atom stereocenters. The van der Waals surface area contributed by atoms with Gasteiger partial charge in [0.2, 0.25) is 0 Å². The Balaban J connectivity index is 0.00000361. The summed E-state index contributed by atoms with van der Waals surface area (Å²) >= 11 is 0. The van der Waals surface area contributed by atoms with Gasteiger partial charge in [-0.2, -0.15) is 0 Å². The molecule has 1 atom stereocenters. The van der Waals surface area contributed by atoms with Gasteiger partial charge in [-0.05, 0) is 6.42 Å². The average molecular weight is 281 g/mol. The molecule has 4 nitrogen and oxygen atoms in total. The Labute approximate surface area is 122 Å². The summed E-state index contributed by atoms with van der Waals surface area (Å²) in [5.41, 5.74) is 0.742. The molecule has 1 aromatic carbocycles. The Kier molecular flexibility index (Phi) is 8.30. The zero-order valence-corrected chi connectivity index (χ0v) is 13.0. The van der Waals surface area contributed by atoms with Gasteiger partial charge >= 0.3 is 0 Å². The van der Waals surface area contributed by atoms with E-state index in [1.807, 2.05) is 30.3 Å². The smallest absolute Gasteiger partial charge is 0.191 e. The molecule has 114 valence electrons. The molecule has 0 fully saturated rings. The Morgan fingerprint density at radius 2 is 1.80 bits per heavy atom. The van der Waals surface area contributed by atoms with Crippen molar-refractivity contribution in [3.05, 3.63) is 35.9 Å². The summed E-state index contributed by atoms with van der Waals surface area (Å²) in [5, 5.41) is 0. The second kappa shape index (κ2) is 8.84. The molecular weight excluding hydrogens is 254 g/mol. The van der Waals surface area contributed by atoms with E-state index in [0.717, 1.165) is 29.4 Å². The van der Waals surface area contributed by atoms with E-state index in [-0.39, 0.29) is 17.4 Å². The second-order valence-corrected chi connectivity index (χ2v) is 5.89. The van der Waals surface area contributed by atoms with Crippen LogP contribution in [-0.2, 0) is 4.74 Å². The average Bonchev–Trinajstić information content (AvgIpc) is 2.36. The van der Waals surface area contributed by atoms with Crippen molar-refractivity contribution in [1.82, 2.24) is 0 Å². The number of carbonyl (C=O) groups is 1. The second-order valence-electron chi connectivity index (χ2n) is 5.89. The molecule has 0 aliphatic heterocycles. The normalized spacial score (nSPS) is 12.6. The summed E-state index contributed by atoms with van der Waals surface area (Å²) in [6, 6.07) is 9.41. The van der Waals surface area contributed by atoms with Gasteiger partial charge in [0.05, 0.1) is 27.7 Å². The summed E-state index contributed by atoms with van der Waals surface area (Å²) in [4.78, 5) is 12.4. The van der Waals surface area contributed by atoms with Gasteiger partial charge in [0, 0.05) is 5.56 Å². The van der Waals surface area contributed by atoms with Crippen LogP contribution < -0.4 is 0 Å². The van der Waals surface area contributed by atoms with Gasteiger partial charge in [-0.15, -0.1) is 0 Å². The minimum absolute atomic E-state index is 0. The number of hydrogen-bond donors (Lipinski definition) is 0.